The summed E-state index contributed by atoms with van der Waals surface area (Å²) in [4.78, 5) is 25.8. The fourth-order valence-corrected chi connectivity index (χ4v) is 1.92. The molecule has 0 aromatic carbocycles. The highest BCUT2D eigenvalue weighted by Gasteiger charge is 2.19. The zero-order valence-corrected chi connectivity index (χ0v) is 10.2. The summed E-state index contributed by atoms with van der Waals surface area (Å²) in [5.41, 5.74) is -0.179. The first kappa shape index (κ1) is 12.6. The van der Waals surface area contributed by atoms with Crippen LogP contribution in [0.15, 0.2) is 12.1 Å². The molecule has 1 fully saturated rings. The smallest absolute Gasteiger partial charge is 0.356 e. The van der Waals surface area contributed by atoms with Crippen molar-refractivity contribution in [1.29, 1.82) is 0 Å². The molecule has 3 N–H and O–H groups in total. The van der Waals surface area contributed by atoms with Gasteiger partial charge < -0.3 is 15.7 Å². The second kappa shape index (κ2) is 5.22. The first-order valence-electron chi connectivity index (χ1n) is 5.49. The molecule has 1 aromatic heterocycles. The van der Waals surface area contributed by atoms with Gasteiger partial charge in [0.05, 0.1) is 5.02 Å². The van der Waals surface area contributed by atoms with Gasteiger partial charge in [0.1, 0.15) is 5.82 Å². The Morgan fingerprint density at radius 1 is 1.56 bits per heavy atom. The van der Waals surface area contributed by atoms with Crippen molar-refractivity contribution >= 4 is 29.3 Å². The standard InChI is InChI=1S/C11H12ClN3O3/c12-7-2-3-8(15-10(7)11(17)18)14-6-1-4-9(16)13-5-6/h2-3,6H,1,4-5H2,(H,13,16)(H,14,15)(H,17,18). The second-order valence-electron chi connectivity index (χ2n) is 4.02. The van der Waals surface area contributed by atoms with E-state index in [1.165, 1.54) is 6.07 Å². The lowest BCUT2D eigenvalue weighted by Gasteiger charge is -2.24. The van der Waals surface area contributed by atoms with Gasteiger partial charge in [-0.3, -0.25) is 4.79 Å². The summed E-state index contributed by atoms with van der Waals surface area (Å²) >= 11 is 5.72. The maximum atomic E-state index is 11.0. The molecule has 7 heteroatoms. The van der Waals surface area contributed by atoms with Crippen LogP contribution in [0.2, 0.25) is 5.02 Å². The van der Waals surface area contributed by atoms with Crippen molar-refractivity contribution in [1.82, 2.24) is 10.3 Å². The van der Waals surface area contributed by atoms with Gasteiger partial charge in [-0.15, -0.1) is 0 Å². The molecule has 1 aliphatic heterocycles. The van der Waals surface area contributed by atoms with E-state index in [4.69, 9.17) is 16.7 Å². The molecule has 96 valence electrons. The highest BCUT2D eigenvalue weighted by molar-refractivity contribution is 6.33. The number of pyridine rings is 1. The summed E-state index contributed by atoms with van der Waals surface area (Å²) in [7, 11) is 0. The number of carbonyl (C=O) groups is 2. The molecule has 0 aliphatic carbocycles. The van der Waals surface area contributed by atoms with Crippen LogP contribution >= 0.6 is 11.6 Å². The molecule has 2 rings (SSSR count). The van der Waals surface area contributed by atoms with E-state index >= 15 is 0 Å². The molecular weight excluding hydrogens is 258 g/mol. The molecule has 0 radical (unpaired) electrons. The average molecular weight is 270 g/mol. The minimum absolute atomic E-state index is 0.0309. The van der Waals surface area contributed by atoms with Crippen LogP contribution in [-0.4, -0.2) is 34.6 Å². The van der Waals surface area contributed by atoms with Gasteiger partial charge >= 0.3 is 5.97 Å². The van der Waals surface area contributed by atoms with Crippen LogP contribution < -0.4 is 10.6 Å². The van der Waals surface area contributed by atoms with Crippen molar-refractivity contribution in [2.45, 2.75) is 18.9 Å². The number of amides is 1. The number of aromatic nitrogens is 1. The molecule has 0 bridgehead atoms. The zero-order valence-electron chi connectivity index (χ0n) is 9.44. The predicted octanol–water partition coefficient (Wildman–Crippen LogP) is 1.12. The number of nitrogens with one attached hydrogen (secondary N) is 2. The number of carbonyl (C=O) groups excluding carboxylic acids is 1. The fourth-order valence-electron chi connectivity index (χ4n) is 1.74. The Labute approximate surface area is 108 Å². The van der Waals surface area contributed by atoms with Crippen molar-refractivity contribution in [2.24, 2.45) is 0 Å². The van der Waals surface area contributed by atoms with E-state index in [0.29, 0.717) is 25.2 Å². The van der Waals surface area contributed by atoms with Crippen molar-refractivity contribution < 1.29 is 14.7 Å². The maximum Gasteiger partial charge on any atom is 0.356 e. The van der Waals surface area contributed by atoms with Crippen molar-refractivity contribution in [2.75, 3.05) is 11.9 Å². The lowest BCUT2D eigenvalue weighted by molar-refractivity contribution is -0.122. The van der Waals surface area contributed by atoms with E-state index in [-0.39, 0.29) is 22.7 Å². The molecule has 1 atom stereocenters. The number of carboxylic acid groups (broad SMARTS) is 1. The zero-order chi connectivity index (χ0) is 13.1. The number of carboxylic acids is 1. The van der Waals surface area contributed by atoms with E-state index in [0.717, 1.165) is 0 Å². The van der Waals surface area contributed by atoms with Gasteiger partial charge in [-0.2, -0.15) is 0 Å². The Kier molecular flexibility index (Phi) is 3.66. The van der Waals surface area contributed by atoms with Crippen LogP contribution in [0.25, 0.3) is 0 Å². The third kappa shape index (κ3) is 2.89. The number of hydrogen-bond donors (Lipinski definition) is 3. The quantitative estimate of drug-likeness (QED) is 0.765. The van der Waals surface area contributed by atoms with Gasteiger partial charge in [-0.05, 0) is 18.6 Å². The number of piperidine rings is 1. The van der Waals surface area contributed by atoms with Gasteiger partial charge in [-0.1, -0.05) is 11.6 Å². The molecule has 1 aliphatic rings. The predicted molar refractivity (Wildman–Crippen MR) is 65.9 cm³/mol. The van der Waals surface area contributed by atoms with Crippen molar-refractivity contribution in [3.8, 4) is 0 Å². The van der Waals surface area contributed by atoms with Crippen LogP contribution in [0.4, 0.5) is 5.82 Å². The number of aromatic carboxylic acids is 1. The number of halogens is 1. The minimum atomic E-state index is -1.17. The molecule has 0 saturated carbocycles. The third-order valence-corrected chi connectivity index (χ3v) is 2.97. The summed E-state index contributed by atoms with van der Waals surface area (Å²) in [6, 6.07) is 3.16. The maximum absolute atomic E-state index is 11.0. The van der Waals surface area contributed by atoms with Gasteiger partial charge in [0.25, 0.3) is 0 Å². The first-order chi connectivity index (χ1) is 8.56. The lowest BCUT2D eigenvalue weighted by Crippen LogP contribution is -2.42. The molecule has 1 amide bonds. The summed E-state index contributed by atoms with van der Waals surface area (Å²) in [6.45, 7) is 0.506. The van der Waals surface area contributed by atoms with Crippen LogP contribution in [0.1, 0.15) is 23.3 Å². The summed E-state index contributed by atoms with van der Waals surface area (Å²) in [5.74, 6) is -0.693. The highest BCUT2D eigenvalue weighted by atomic mass is 35.5. The molecule has 6 nitrogen and oxygen atoms in total. The monoisotopic (exact) mass is 269 g/mol. The normalized spacial score (nSPS) is 19.2. The van der Waals surface area contributed by atoms with E-state index < -0.39 is 5.97 Å². The average Bonchev–Trinajstić information content (AvgIpc) is 2.34. The van der Waals surface area contributed by atoms with Crippen LogP contribution in [0.3, 0.4) is 0 Å². The molecule has 1 unspecified atom stereocenters. The molecular formula is C11H12ClN3O3. The number of rotatable bonds is 3. The van der Waals surface area contributed by atoms with E-state index in [1.54, 1.807) is 6.07 Å². The van der Waals surface area contributed by atoms with E-state index in [9.17, 15) is 9.59 Å². The molecule has 1 aromatic rings. The summed E-state index contributed by atoms with van der Waals surface area (Å²) in [6.07, 6.45) is 1.15. The third-order valence-electron chi connectivity index (χ3n) is 2.67. The SMILES string of the molecule is O=C1CCC(Nc2ccc(Cl)c(C(=O)O)n2)CN1. The van der Waals surface area contributed by atoms with Gasteiger partial charge in [0.2, 0.25) is 5.91 Å². The molecule has 1 saturated heterocycles. The van der Waals surface area contributed by atoms with Crippen LogP contribution in [0, 0.1) is 0 Å². The van der Waals surface area contributed by atoms with Gasteiger partial charge in [-0.25, -0.2) is 9.78 Å². The van der Waals surface area contributed by atoms with Crippen LogP contribution in [-0.2, 0) is 4.79 Å². The summed E-state index contributed by atoms with van der Waals surface area (Å²) in [5, 5.41) is 14.8. The van der Waals surface area contributed by atoms with E-state index in [1.807, 2.05) is 0 Å². The Hall–Kier alpha value is -1.82. The van der Waals surface area contributed by atoms with E-state index in [2.05, 4.69) is 15.6 Å². The Morgan fingerprint density at radius 3 is 2.94 bits per heavy atom. The number of nitrogens with zero attached hydrogens (tertiary/aromatic N) is 1. The molecule has 0 spiro atoms. The van der Waals surface area contributed by atoms with Crippen LogP contribution in [0.5, 0.6) is 0 Å². The number of anilines is 1. The topological polar surface area (TPSA) is 91.3 Å². The van der Waals surface area contributed by atoms with Gasteiger partial charge in [0, 0.05) is 19.0 Å². The second-order valence-corrected chi connectivity index (χ2v) is 4.42. The van der Waals surface area contributed by atoms with Crippen molar-refractivity contribution in [3.05, 3.63) is 22.8 Å². The summed E-state index contributed by atoms with van der Waals surface area (Å²) < 4.78 is 0. The largest absolute Gasteiger partial charge is 0.476 e. The fraction of sp³-hybridized carbons (Fsp3) is 0.364. The first-order valence-corrected chi connectivity index (χ1v) is 5.87. The van der Waals surface area contributed by atoms with Gasteiger partial charge in [0.15, 0.2) is 5.69 Å². The lowest BCUT2D eigenvalue weighted by atomic mass is 10.1. The minimum Gasteiger partial charge on any atom is -0.476 e. The van der Waals surface area contributed by atoms with Crippen molar-refractivity contribution in [3.63, 3.8) is 0 Å². The molecule has 2 heterocycles. The Balaban J connectivity index is 2.07. The Bertz CT molecular complexity index is 482. The number of hydrogen-bond acceptors (Lipinski definition) is 4. The Morgan fingerprint density at radius 2 is 2.33 bits per heavy atom. The molecule has 18 heavy (non-hydrogen) atoms. The highest BCUT2D eigenvalue weighted by Crippen LogP contribution is 2.18.